The Hall–Kier alpha value is -2.00. The Labute approximate surface area is 184 Å². The minimum absolute atomic E-state index is 0. The maximum atomic E-state index is 10.1. The second kappa shape index (κ2) is 11.1. The number of nitrogens with zero attached hydrogens (tertiary/aromatic N) is 3. The average molecular weight is 496 g/mol. The molecule has 28 heavy (non-hydrogen) atoms. The summed E-state index contributed by atoms with van der Waals surface area (Å²) in [7, 11) is 3.54. The van der Waals surface area contributed by atoms with Crippen molar-refractivity contribution in [3.8, 4) is 5.75 Å². The molecule has 1 fully saturated rings. The normalized spacial score (nSPS) is 15.7. The number of methoxy groups -OCH3 is 1. The lowest BCUT2D eigenvalue weighted by Crippen LogP contribution is -2.53. The molecular formula is C21H29IN4O2. The Balaban J connectivity index is 0.00000280. The molecule has 1 atom stereocenters. The molecule has 0 radical (unpaired) electrons. The molecule has 0 aliphatic carbocycles. The molecule has 6 nitrogen and oxygen atoms in total. The number of para-hydroxylation sites is 2. The lowest BCUT2D eigenvalue weighted by atomic mass is 10.1. The Morgan fingerprint density at radius 3 is 2.32 bits per heavy atom. The molecule has 1 aliphatic rings. The van der Waals surface area contributed by atoms with Crippen molar-refractivity contribution in [3.63, 3.8) is 0 Å². The molecule has 152 valence electrons. The number of halogens is 1. The van der Waals surface area contributed by atoms with Gasteiger partial charge in [0.2, 0.25) is 0 Å². The minimum Gasteiger partial charge on any atom is -0.506 e. The predicted molar refractivity (Wildman–Crippen MR) is 125 cm³/mol. The molecule has 1 unspecified atom stereocenters. The summed E-state index contributed by atoms with van der Waals surface area (Å²) in [6.07, 6.45) is -0.0227. The maximum Gasteiger partial charge on any atom is 0.193 e. The first-order valence-corrected chi connectivity index (χ1v) is 9.29. The van der Waals surface area contributed by atoms with Gasteiger partial charge in [-0.15, -0.1) is 24.0 Å². The summed E-state index contributed by atoms with van der Waals surface area (Å²) in [4.78, 5) is 8.89. The van der Waals surface area contributed by atoms with Gasteiger partial charge in [-0.05, 0) is 17.7 Å². The van der Waals surface area contributed by atoms with E-state index in [1.807, 2.05) is 43.4 Å². The number of phenols is 1. The summed E-state index contributed by atoms with van der Waals surface area (Å²) < 4.78 is 5.63. The van der Waals surface area contributed by atoms with Crippen LogP contribution < -0.4 is 10.2 Å². The van der Waals surface area contributed by atoms with Crippen molar-refractivity contribution in [2.75, 3.05) is 51.8 Å². The summed E-state index contributed by atoms with van der Waals surface area (Å²) >= 11 is 0. The second-order valence-corrected chi connectivity index (χ2v) is 6.53. The number of aromatic hydroxyl groups is 1. The van der Waals surface area contributed by atoms with Crippen LogP contribution in [0, 0.1) is 0 Å². The number of hydrogen-bond donors (Lipinski definition) is 2. The predicted octanol–water partition coefficient (Wildman–Crippen LogP) is 3.10. The first-order chi connectivity index (χ1) is 13.2. The van der Waals surface area contributed by atoms with Gasteiger partial charge in [-0.2, -0.15) is 0 Å². The highest BCUT2D eigenvalue weighted by Crippen LogP contribution is 2.27. The molecular weight excluding hydrogens is 467 g/mol. The van der Waals surface area contributed by atoms with Crippen molar-refractivity contribution < 1.29 is 9.84 Å². The first kappa shape index (κ1) is 22.3. The molecule has 2 aromatic carbocycles. The molecule has 0 saturated carbocycles. The van der Waals surface area contributed by atoms with E-state index in [0.29, 0.717) is 12.3 Å². The van der Waals surface area contributed by atoms with Gasteiger partial charge < -0.3 is 25.0 Å². The van der Waals surface area contributed by atoms with Gasteiger partial charge in [0.1, 0.15) is 5.75 Å². The molecule has 1 aliphatic heterocycles. The van der Waals surface area contributed by atoms with Gasteiger partial charge >= 0.3 is 0 Å². The number of phenolic OH excluding ortho intramolecular Hbond substituents is 1. The van der Waals surface area contributed by atoms with Gasteiger partial charge in [0, 0.05) is 46.9 Å². The number of guanidine groups is 1. The van der Waals surface area contributed by atoms with Crippen LogP contribution in [-0.2, 0) is 4.74 Å². The molecule has 1 heterocycles. The number of aliphatic imine (C=N–C) groups is 1. The van der Waals surface area contributed by atoms with E-state index in [4.69, 9.17) is 4.74 Å². The molecule has 0 amide bonds. The van der Waals surface area contributed by atoms with E-state index in [2.05, 4.69) is 32.2 Å². The van der Waals surface area contributed by atoms with Gasteiger partial charge in [0.15, 0.2) is 5.96 Å². The Kier molecular flexibility index (Phi) is 8.85. The number of hydrogen-bond acceptors (Lipinski definition) is 4. The highest BCUT2D eigenvalue weighted by Gasteiger charge is 2.22. The van der Waals surface area contributed by atoms with E-state index in [1.165, 1.54) is 0 Å². The van der Waals surface area contributed by atoms with Crippen LogP contribution in [0.1, 0.15) is 11.7 Å². The van der Waals surface area contributed by atoms with Crippen molar-refractivity contribution in [1.29, 1.82) is 0 Å². The summed E-state index contributed by atoms with van der Waals surface area (Å²) in [6, 6.07) is 17.7. The smallest absolute Gasteiger partial charge is 0.193 e. The highest BCUT2D eigenvalue weighted by atomic mass is 127. The molecule has 1 saturated heterocycles. The van der Waals surface area contributed by atoms with Gasteiger partial charge in [0.25, 0.3) is 0 Å². The summed E-state index contributed by atoms with van der Waals surface area (Å²) in [6.45, 7) is 4.02. The quantitative estimate of drug-likeness (QED) is 0.379. The van der Waals surface area contributed by atoms with Gasteiger partial charge in [-0.1, -0.05) is 42.5 Å². The zero-order valence-corrected chi connectivity index (χ0v) is 18.7. The monoisotopic (exact) mass is 496 g/mol. The minimum atomic E-state index is -0.0227. The van der Waals surface area contributed by atoms with Crippen molar-refractivity contribution >= 4 is 35.6 Å². The van der Waals surface area contributed by atoms with Crippen molar-refractivity contribution in [3.05, 3.63) is 60.2 Å². The van der Waals surface area contributed by atoms with Crippen molar-refractivity contribution in [2.45, 2.75) is 6.10 Å². The Morgan fingerprint density at radius 1 is 1.07 bits per heavy atom. The van der Waals surface area contributed by atoms with Crippen molar-refractivity contribution in [2.24, 2.45) is 4.99 Å². The molecule has 0 bridgehead atoms. The standard InChI is InChI=1S/C21H28N4O2.HI/c1-22-21(23-16-20(27-2)17-8-4-3-5-9-17)25-14-12-24(13-15-25)18-10-6-7-11-19(18)26;/h3-11,20,26H,12-16H2,1-2H3,(H,22,23);1H. The number of benzene rings is 2. The molecule has 0 spiro atoms. The fraction of sp³-hybridized carbons (Fsp3) is 0.381. The number of piperazine rings is 1. The van der Waals surface area contributed by atoms with Crippen molar-refractivity contribution in [1.82, 2.24) is 10.2 Å². The van der Waals surface area contributed by atoms with Crippen LogP contribution in [0.2, 0.25) is 0 Å². The fourth-order valence-electron chi connectivity index (χ4n) is 3.41. The number of rotatable bonds is 5. The van der Waals surface area contributed by atoms with E-state index >= 15 is 0 Å². The summed E-state index contributed by atoms with van der Waals surface area (Å²) in [5.74, 6) is 1.21. The molecule has 3 rings (SSSR count). The van der Waals surface area contributed by atoms with Crippen LogP contribution in [0.15, 0.2) is 59.6 Å². The highest BCUT2D eigenvalue weighted by molar-refractivity contribution is 14.0. The molecule has 7 heteroatoms. The SMILES string of the molecule is CN=C(NCC(OC)c1ccccc1)N1CCN(c2ccccc2O)CC1.I. The third-order valence-electron chi connectivity index (χ3n) is 4.91. The van der Waals surface area contributed by atoms with Gasteiger partial charge in [-0.3, -0.25) is 4.99 Å². The Bertz CT molecular complexity index is 749. The zero-order valence-electron chi connectivity index (χ0n) is 16.4. The van der Waals surface area contributed by atoms with Crippen LogP contribution in [0.5, 0.6) is 5.75 Å². The van der Waals surface area contributed by atoms with E-state index in [-0.39, 0.29) is 30.1 Å². The number of nitrogens with one attached hydrogen (secondary N) is 1. The molecule has 2 aromatic rings. The Morgan fingerprint density at radius 2 is 1.71 bits per heavy atom. The van der Waals surface area contributed by atoms with E-state index in [9.17, 15) is 5.11 Å². The molecule has 0 aromatic heterocycles. The van der Waals surface area contributed by atoms with Gasteiger partial charge in [0.05, 0.1) is 11.8 Å². The third-order valence-corrected chi connectivity index (χ3v) is 4.91. The van der Waals surface area contributed by atoms with Crippen LogP contribution in [0.4, 0.5) is 5.69 Å². The van der Waals surface area contributed by atoms with Crippen LogP contribution in [-0.4, -0.2) is 62.8 Å². The average Bonchev–Trinajstić information content (AvgIpc) is 2.73. The third kappa shape index (κ3) is 5.51. The summed E-state index contributed by atoms with van der Waals surface area (Å²) in [5, 5.41) is 13.5. The van der Waals surface area contributed by atoms with E-state index in [0.717, 1.165) is 43.4 Å². The summed E-state index contributed by atoms with van der Waals surface area (Å²) in [5.41, 5.74) is 2.04. The first-order valence-electron chi connectivity index (χ1n) is 9.29. The number of anilines is 1. The lowest BCUT2D eigenvalue weighted by Gasteiger charge is -2.38. The fourth-order valence-corrected chi connectivity index (χ4v) is 3.41. The maximum absolute atomic E-state index is 10.1. The van der Waals surface area contributed by atoms with Crippen LogP contribution in [0.25, 0.3) is 0 Å². The van der Waals surface area contributed by atoms with E-state index < -0.39 is 0 Å². The topological polar surface area (TPSA) is 60.3 Å². The lowest BCUT2D eigenvalue weighted by molar-refractivity contribution is 0.105. The van der Waals surface area contributed by atoms with E-state index in [1.54, 1.807) is 13.2 Å². The second-order valence-electron chi connectivity index (χ2n) is 6.53. The number of ether oxygens (including phenoxy) is 1. The van der Waals surface area contributed by atoms with Crippen LogP contribution >= 0.6 is 24.0 Å². The molecule has 2 N–H and O–H groups in total. The largest absolute Gasteiger partial charge is 0.506 e. The zero-order chi connectivity index (χ0) is 19.1. The van der Waals surface area contributed by atoms with Gasteiger partial charge in [-0.25, -0.2) is 0 Å². The van der Waals surface area contributed by atoms with Crippen LogP contribution in [0.3, 0.4) is 0 Å².